The zero-order valence-corrected chi connectivity index (χ0v) is 18.9. The van der Waals surface area contributed by atoms with Crippen LogP contribution in [0.3, 0.4) is 0 Å². The number of carbonyl (C=O) groups excluding carboxylic acids is 3. The SMILES string of the molecule is O=C1NCCCCCN(C(=O)c2ccoc2)C2CC(C(=O)N3CCc4ccccc4C3)CC12. The number of rotatable bonds is 2. The lowest BCUT2D eigenvalue weighted by Crippen LogP contribution is -2.48. The van der Waals surface area contributed by atoms with E-state index in [2.05, 4.69) is 17.4 Å². The van der Waals surface area contributed by atoms with Gasteiger partial charge in [-0.2, -0.15) is 0 Å². The van der Waals surface area contributed by atoms with E-state index in [0.717, 1.165) is 25.7 Å². The first-order chi connectivity index (χ1) is 16.1. The number of hydrogen-bond donors (Lipinski definition) is 1. The smallest absolute Gasteiger partial charge is 0.257 e. The maximum atomic E-state index is 13.5. The highest BCUT2D eigenvalue weighted by Gasteiger charge is 2.47. The molecular formula is C26H31N3O4. The summed E-state index contributed by atoms with van der Waals surface area (Å²) in [6, 6.07) is 9.65. The highest BCUT2D eigenvalue weighted by Crippen LogP contribution is 2.38. The molecule has 33 heavy (non-hydrogen) atoms. The molecule has 1 saturated carbocycles. The van der Waals surface area contributed by atoms with E-state index in [1.54, 1.807) is 6.07 Å². The Morgan fingerprint density at radius 2 is 1.85 bits per heavy atom. The number of nitrogens with one attached hydrogen (secondary N) is 1. The first kappa shape index (κ1) is 21.7. The summed E-state index contributed by atoms with van der Waals surface area (Å²) in [5.74, 6) is -0.671. The van der Waals surface area contributed by atoms with E-state index < -0.39 is 0 Å². The van der Waals surface area contributed by atoms with E-state index >= 15 is 0 Å². The Hall–Kier alpha value is -3.09. The van der Waals surface area contributed by atoms with E-state index in [9.17, 15) is 14.4 Å². The van der Waals surface area contributed by atoms with Crippen molar-refractivity contribution in [1.29, 1.82) is 0 Å². The van der Waals surface area contributed by atoms with Crippen LogP contribution in [0.4, 0.5) is 0 Å². The predicted octanol–water partition coefficient (Wildman–Crippen LogP) is 3.00. The van der Waals surface area contributed by atoms with Gasteiger partial charge in [0.2, 0.25) is 11.8 Å². The Bertz CT molecular complexity index is 1020. The summed E-state index contributed by atoms with van der Waals surface area (Å²) in [5, 5.41) is 3.05. The summed E-state index contributed by atoms with van der Waals surface area (Å²) in [6.45, 7) is 2.56. The van der Waals surface area contributed by atoms with Gasteiger partial charge in [0, 0.05) is 38.1 Å². The molecule has 1 aromatic heterocycles. The van der Waals surface area contributed by atoms with Crippen molar-refractivity contribution in [3.8, 4) is 0 Å². The summed E-state index contributed by atoms with van der Waals surface area (Å²) in [4.78, 5) is 43.7. The normalized spacial score (nSPS) is 25.7. The minimum absolute atomic E-state index is 0.0359. The average Bonchev–Trinajstić information content (AvgIpc) is 3.53. The van der Waals surface area contributed by atoms with Crippen LogP contribution < -0.4 is 5.32 Å². The fraction of sp³-hybridized carbons (Fsp3) is 0.500. The fourth-order valence-electron chi connectivity index (χ4n) is 5.68. The van der Waals surface area contributed by atoms with E-state index in [1.165, 1.54) is 23.7 Å². The molecule has 7 nitrogen and oxygen atoms in total. The molecule has 0 bridgehead atoms. The third kappa shape index (κ3) is 4.41. The van der Waals surface area contributed by atoms with Gasteiger partial charge >= 0.3 is 0 Å². The highest BCUT2D eigenvalue weighted by molar-refractivity contribution is 5.95. The summed E-state index contributed by atoms with van der Waals surface area (Å²) in [7, 11) is 0. The molecule has 3 aliphatic rings. The van der Waals surface area contributed by atoms with Crippen molar-refractivity contribution in [3.05, 3.63) is 59.5 Å². The molecule has 0 spiro atoms. The molecule has 1 N–H and O–H groups in total. The topological polar surface area (TPSA) is 82.9 Å². The number of amides is 3. The van der Waals surface area contributed by atoms with Crippen molar-refractivity contribution in [1.82, 2.24) is 15.1 Å². The first-order valence-electron chi connectivity index (χ1n) is 12.1. The van der Waals surface area contributed by atoms with Gasteiger partial charge in [-0.1, -0.05) is 24.3 Å². The molecule has 7 heteroatoms. The molecule has 2 aromatic rings. The van der Waals surface area contributed by atoms with E-state index in [0.29, 0.717) is 44.6 Å². The summed E-state index contributed by atoms with van der Waals surface area (Å²) in [6.07, 6.45) is 7.54. The maximum Gasteiger partial charge on any atom is 0.257 e. The highest BCUT2D eigenvalue weighted by atomic mass is 16.3. The second-order valence-corrected chi connectivity index (χ2v) is 9.48. The fourth-order valence-corrected chi connectivity index (χ4v) is 5.68. The van der Waals surface area contributed by atoms with Gasteiger partial charge in [-0.25, -0.2) is 0 Å². The first-order valence-corrected chi connectivity index (χ1v) is 12.1. The summed E-state index contributed by atoms with van der Waals surface area (Å²) in [5.41, 5.74) is 3.00. The third-order valence-electron chi connectivity index (χ3n) is 7.46. The molecule has 1 aliphatic carbocycles. The van der Waals surface area contributed by atoms with Crippen LogP contribution in [0.5, 0.6) is 0 Å². The van der Waals surface area contributed by atoms with Crippen molar-refractivity contribution in [3.63, 3.8) is 0 Å². The Balaban J connectivity index is 1.37. The Morgan fingerprint density at radius 1 is 1.00 bits per heavy atom. The van der Waals surface area contributed by atoms with Crippen LogP contribution in [0, 0.1) is 11.8 Å². The minimum Gasteiger partial charge on any atom is -0.472 e. The van der Waals surface area contributed by atoms with Crippen LogP contribution >= 0.6 is 0 Å². The van der Waals surface area contributed by atoms with Crippen LogP contribution in [0.2, 0.25) is 0 Å². The lowest BCUT2D eigenvalue weighted by molar-refractivity contribution is -0.136. The maximum absolute atomic E-state index is 13.5. The Labute approximate surface area is 194 Å². The Kier molecular flexibility index (Phi) is 6.20. The summed E-state index contributed by atoms with van der Waals surface area (Å²) < 4.78 is 5.14. The van der Waals surface area contributed by atoms with Crippen molar-refractivity contribution in [2.24, 2.45) is 11.8 Å². The van der Waals surface area contributed by atoms with E-state index in [-0.39, 0.29) is 35.6 Å². The molecule has 3 unspecified atom stereocenters. The van der Waals surface area contributed by atoms with Crippen molar-refractivity contribution in [2.45, 2.75) is 51.1 Å². The van der Waals surface area contributed by atoms with Crippen molar-refractivity contribution >= 4 is 17.7 Å². The number of benzene rings is 1. The zero-order chi connectivity index (χ0) is 22.8. The standard InChI is InChI=1S/C26H31N3O4/c30-24-22-14-21(25(31)28-12-8-18-6-2-3-7-19(18)16-28)15-23(22)29(11-5-1-4-10-27-24)26(32)20-9-13-33-17-20/h2-3,6-7,9,13,17,21-23H,1,4-5,8,10-12,14-16H2,(H,27,30). The van der Waals surface area contributed by atoms with Gasteiger partial charge in [0.15, 0.2) is 0 Å². The van der Waals surface area contributed by atoms with Gasteiger partial charge in [-0.3, -0.25) is 14.4 Å². The lowest BCUT2D eigenvalue weighted by Gasteiger charge is -2.33. The molecule has 5 rings (SSSR count). The molecule has 2 fully saturated rings. The van der Waals surface area contributed by atoms with E-state index in [1.807, 2.05) is 21.9 Å². The number of nitrogens with zero attached hydrogens (tertiary/aromatic N) is 2. The van der Waals surface area contributed by atoms with Crippen molar-refractivity contribution in [2.75, 3.05) is 19.6 Å². The molecule has 174 valence electrons. The molecule has 3 heterocycles. The van der Waals surface area contributed by atoms with Gasteiger partial charge in [0.1, 0.15) is 6.26 Å². The van der Waals surface area contributed by atoms with Crippen LogP contribution in [0.25, 0.3) is 0 Å². The molecule has 0 radical (unpaired) electrons. The number of carbonyl (C=O) groups is 3. The zero-order valence-electron chi connectivity index (χ0n) is 18.9. The van der Waals surface area contributed by atoms with Gasteiger partial charge < -0.3 is 19.5 Å². The lowest BCUT2D eigenvalue weighted by atomic mass is 9.97. The Morgan fingerprint density at radius 3 is 2.67 bits per heavy atom. The van der Waals surface area contributed by atoms with Gasteiger partial charge in [0.25, 0.3) is 5.91 Å². The number of hydrogen-bond acceptors (Lipinski definition) is 4. The third-order valence-corrected chi connectivity index (χ3v) is 7.46. The van der Waals surface area contributed by atoms with Gasteiger partial charge in [0.05, 0.1) is 17.7 Å². The van der Waals surface area contributed by atoms with Crippen LogP contribution in [-0.2, 0) is 22.6 Å². The molecular weight excluding hydrogens is 418 g/mol. The molecule has 1 saturated heterocycles. The monoisotopic (exact) mass is 449 g/mol. The molecule has 1 aromatic carbocycles. The minimum atomic E-state index is -0.370. The number of fused-ring (bicyclic) bond motifs is 2. The van der Waals surface area contributed by atoms with Crippen LogP contribution in [0.15, 0.2) is 47.3 Å². The quantitative estimate of drug-likeness (QED) is 0.764. The molecule has 2 aliphatic heterocycles. The predicted molar refractivity (Wildman–Crippen MR) is 122 cm³/mol. The second kappa shape index (κ2) is 9.41. The largest absolute Gasteiger partial charge is 0.472 e. The van der Waals surface area contributed by atoms with E-state index in [4.69, 9.17) is 4.42 Å². The average molecular weight is 450 g/mol. The van der Waals surface area contributed by atoms with Gasteiger partial charge in [-0.05, 0) is 55.7 Å². The van der Waals surface area contributed by atoms with Crippen LogP contribution in [0.1, 0.15) is 53.6 Å². The molecule has 3 amide bonds. The van der Waals surface area contributed by atoms with Gasteiger partial charge in [-0.15, -0.1) is 0 Å². The number of furan rings is 1. The molecule has 3 atom stereocenters. The second-order valence-electron chi connectivity index (χ2n) is 9.48. The van der Waals surface area contributed by atoms with Crippen LogP contribution in [-0.4, -0.2) is 53.2 Å². The summed E-state index contributed by atoms with van der Waals surface area (Å²) >= 11 is 0. The van der Waals surface area contributed by atoms with Crippen molar-refractivity contribution < 1.29 is 18.8 Å².